The zero-order chi connectivity index (χ0) is 18.7. The molecule has 0 radical (unpaired) electrons. The van der Waals surface area contributed by atoms with Gasteiger partial charge in [-0.3, -0.25) is 9.69 Å². The molecule has 1 amide bonds. The number of amides is 1. The van der Waals surface area contributed by atoms with Crippen molar-refractivity contribution in [1.82, 2.24) is 0 Å². The Labute approximate surface area is 170 Å². The molecule has 0 spiro atoms. The fourth-order valence-electron chi connectivity index (χ4n) is 2.51. The quantitative estimate of drug-likeness (QED) is 0.459. The Kier molecular flexibility index (Phi) is 6.01. The molecule has 1 aliphatic rings. The third kappa shape index (κ3) is 3.95. The van der Waals surface area contributed by atoms with Crippen LogP contribution in [0.5, 0.6) is 11.5 Å². The fourth-order valence-corrected chi connectivity index (χ4v) is 4.19. The second kappa shape index (κ2) is 8.24. The van der Waals surface area contributed by atoms with E-state index >= 15 is 0 Å². The SMILES string of the molecule is CCOc1ccc(/C=C2/SC(=S)N(c3cccc(Br)c3)C2=O)cc1OC. The lowest BCUT2D eigenvalue weighted by atomic mass is 10.2. The van der Waals surface area contributed by atoms with Crippen LogP contribution >= 0.6 is 39.9 Å². The highest BCUT2D eigenvalue weighted by Crippen LogP contribution is 2.37. The van der Waals surface area contributed by atoms with Crippen LogP contribution in [-0.2, 0) is 4.79 Å². The van der Waals surface area contributed by atoms with Crippen LogP contribution in [0.15, 0.2) is 51.8 Å². The predicted molar refractivity (Wildman–Crippen MR) is 114 cm³/mol. The highest BCUT2D eigenvalue weighted by atomic mass is 79.9. The Morgan fingerprint density at radius 1 is 1.23 bits per heavy atom. The number of carbonyl (C=O) groups is 1. The molecule has 0 aliphatic carbocycles. The van der Waals surface area contributed by atoms with Gasteiger partial charge in [-0.15, -0.1) is 0 Å². The molecule has 4 nitrogen and oxygen atoms in total. The van der Waals surface area contributed by atoms with Crippen molar-refractivity contribution in [1.29, 1.82) is 0 Å². The van der Waals surface area contributed by atoms with Crippen LogP contribution in [0.2, 0.25) is 0 Å². The summed E-state index contributed by atoms with van der Waals surface area (Å²) in [6.07, 6.45) is 1.82. The van der Waals surface area contributed by atoms with Crippen molar-refractivity contribution in [3.8, 4) is 11.5 Å². The molecule has 1 aliphatic heterocycles. The largest absolute Gasteiger partial charge is 0.493 e. The number of hydrogen-bond acceptors (Lipinski definition) is 5. The average molecular weight is 450 g/mol. The third-order valence-electron chi connectivity index (χ3n) is 3.65. The molecule has 1 saturated heterocycles. The average Bonchev–Trinajstić information content (AvgIpc) is 2.90. The van der Waals surface area contributed by atoms with Crippen molar-refractivity contribution >= 4 is 61.9 Å². The van der Waals surface area contributed by atoms with E-state index in [1.165, 1.54) is 11.8 Å². The summed E-state index contributed by atoms with van der Waals surface area (Å²) in [5.74, 6) is 1.17. The maximum atomic E-state index is 12.8. The number of methoxy groups -OCH3 is 1. The molecule has 3 rings (SSSR count). The van der Waals surface area contributed by atoms with Gasteiger partial charge < -0.3 is 9.47 Å². The topological polar surface area (TPSA) is 38.8 Å². The molecule has 26 heavy (non-hydrogen) atoms. The molecular formula is C19H16BrNO3S2. The number of carbonyl (C=O) groups excluding carboxylic acids is 1. The Morgan fingerprint density at radius 2 is 2.04 bits per heavy atom. The number of thiocarbonyl (C=S) groups is 1. The molecule has 1 fully saturated rings. The summed E-state index contributed by atoms with van der Waals surface area (Å²) in [5.41, 5.74) is 1.59. The monoisotopic (exact) mass is 449 g/mol. The zero-order valence-electron chi connectivity index (χ0n) is 14.2. The summed E-state index contributed by atoms with van der Waals surface area (Å²) in [4.78, 5) is 14.9. The minimum atomic E-state index is -0.133. The number of benzene rings is 2. The van der Waals surface area contributed by atoms with Crippen molar-refractivity contribution in [3.63, 3.8) is 0 Å². The van der Waals surface area contributed by atoms with Crippen LogP contribution in [0.1, 0.15) is 12.5 Å². The molecular weight excluding hydrogens is 434 g/mol. The van der Waals surface area contributed by atoms with Crippen molar-refractivity contribution in [2.24, 2.45) is 0 Å². The first kappa shape index (κ1) is 18.9. The minimum Gasteiger partial charge on any atom is -0.493 e. The fraction of sp³-hybridized carbons (Fsp3) is 0.158. The van der Waals surface area contributed by atoms with E-state index in [2.05, 4.69) is 15.9 Å². The van der Waals surface area contributed by atoms with Crippen molar-refractivity contribution in [3.05, 3.63) is 57.4 Å². The number of hydrogen-bond donors (Lipinski definition) is 0. The first-order chi connectivity index (χ1) is 12.5. The van der Waals surface area contributed by atoms with Crippen LogP contribution in [-0.4, -0.2) is 23.9 Å². The van der Waals surface area contributed by atoms with Gasteiger partial charge in [0.25, 0.3) is 5.91 Å². The molecule has 2 aromatic rings. The van der Waals surface area contributed by atoms with E-state index in [-0.39, 0.29) is 5.91 Å². The Hall–Kier alpha value is -1.83. The van der Waals surface area contributed by atoms with Gasteiger partial charge in [0, 0.05) is 4.47 Å². The van der Waals surface area contributed by atoms with Gasteiger partial charge in [0.15, 0.2) is 15.8 Å². The summed E-state index contributed by atoms with van der Waals surface area (Å²) < 4.78 is 12.3. The lowest BCUT2D eigenvalue weighted by molar-refractivity contribution is -0.113. The van der Waals surface area contributed by atoms with E-state index in [1.807, 2.05) is 55.5 Å². The number of thioether (sulfide) groups is 1. The second-order valence-electron chi connectivity index (χ2n) is 5.34. The number of halogens is 1. The number of anilines is 1. The standard InChI is InChI=1S/C19H16BrNO3S2/c1-3-24-15-8-7-12(9-16(15)23-2)10-17-18(22)21(19(25)26-17)14-6-4-5-13(20)11-14/h4-11H,3H2,1-2H3/b17-10+. The first-order valence-electron chi connectivity index (χ1n) is 7.88. The van der Waals surface area contributed by atoms with E-state index in [1.54, 1.807) is 12.0 Å². The van der Waals surface area contributed by atoms with Crippen LogP contribution in [0, 0.1) is 0 Å². The summed E-state index contributed by atoms with van der Waals surface area (Å²) in [7, 11) is 1.59. The number of rotatable bonds is 5. The van der Waals surface area contributed by atoms with E-state index in [9.17, 15) is 4.79 Å². The molecule has 1 heterocycles. The lowest BCUT2D eigenvalue weighted by Crippen LogP contribution is -2.27. The number of ether oxygens (including phenoxy) is 2. The summed E-state index contributed by atoms with van der Waals surface area (Å²) in [6, 6.07) is 13.1. The van der Waals surface area contributed by atoms with Crippen molar-refractivity contribution in [2.75, 3.05) is 18.6 Å². The Morgan fingerprint density at radius 3 is 2.73 bits per heavy atom. The molecule has 2 aromatic carbocycles. The van der Waals surface area contributed by atoms with Crippen LogP contribution in [0.3, 0.4) is 0 Å². The maximum absolute atomic E-state index is 12.8. The summed E-state index contributed by atoms with van der Waals surface area (Å²) in [5, 5.41) is 0. The summed E-state index contributed by atoms with van der Waals surface area (Å²) >= 11 is 10.1. The zero-order valence-corrected chi connectivity index (χ0v) is 17.4. The normalized spacial score (nSPS) is 15.7. The third-order valence-corrected chi connectivity index (χ3v) is 5.44. The van der Waals surface area contributed by atoms with Crippen LogP contribution in [0.4, 0.5) is 5.69 Å². The molecule has 0 unspecified atom stereocenters. The summed E-state index contributed by atoms with van der Waals surface area (Å²) in [6.45, 7) is 2.47. The van der Waals surface area contributed by atoms with E-state index in [0.29, 0.717) is 27.3 Å². The molecule has 134 valence electrons. The Balaban J connectivity index is 1.90. The smallest absolute Gasteiger partial charge is 0.270 e. The van der Waals surface area contributed by atoms with Gasteiger partial charge in [-0.2, -0.15) is 0 Å². The van der Waals surface area contributed by atoms with Gasteiger partial charge in [0.2, 0.25) is 0 Å². The Bertz CT molecular complexity index is 898. The van der Waals surface area contributed by atoms with E-state index in [0.717, 1.165) is 15.7 Å². The molecule has 0 aromatic heterocycles. The van der Waals surface area contributed by atoms with Gasteiger partial charge >= 0.3 is 0 Å². The molecule has 7 heteroatoms. The van der Waals surface area contributed by atoms with Crippen LogP contribution in [0.25, 0.3) is 6.08 Å². The minimum absolute atomic E-state index is 0.133. The number of nitrogens with zero attached hydrogens (tertiary/aromatic N) is 1. The molecule has 0 saturated carbocycles. The van der Waals surface area contributed by atoms with E-state index < -0.39 is 0 Å². The van der Waals surface area contributed by atoms with Crippen molar-refractivity contribution in [2.45, 2.75) is 6.92 Å². The van der Waals surface area contributed by atoms with Gasteiger partial charge in [-0.25, -0.2) is 0 Å². The highest BCUT2D eigenvalue weighted by molar-refractivity contribution is 9.10. The van der Waals surface area contributed by atoms with Gasteiger partial charge in [-0.05, 0) is 48.9 Å². The van der Waals surface area contributed by atoms with Crippen LogP contribution < -0.4 is 14.4 Å². The molecule has 0 atom stereocenters. The van der Waals surface area contributed by atoms with Gasteiger partial charge in [0.1, 0.15) is 0 Å². The van der Waals surface area contributed by atoms with Crippen molar-refractivity contribution < 1.29 is 14.3 Å². The predicted octanol–water partition coefficient (Wildman–Crippen LogP) is 5.26. The van der Waals surface area contributed by atoms with Gasteiger partial charge in [-0.1, -0.05) is 52.0 Å². The lowest BCUT2D eigenvalue weighted by Gasteiger charge is -2.14. The maximum Gasteiger partial charge on any atom is 0.270 e. The highest BCUT2D eigenvalue weighted by Gasteiger charge is 2.33. The van der Waals surface area contributed by atoms with E-state index in [4.69, 9.17) is 21.7 Å². The van der Waals surface area contributed by atoms with Gasteiger partial charge in [0.05, 0.1) is 24.3 Å². The second-order valence-corrected chi connectivity index (χ2v) is 7.93. The molecule has 0 bridgehead atoms. The first-order valence-corrected chi connectivity index (χ1v) is 9.89. The molecule has 0 N–H and O–H groups in total.